The lowest BCUT2D eigenvalue weighted by Crippen LogP contribution is -2.47. The topological polar surface area (TPSA) is 59.3 Å². The van der Waals surface area contributed by atoms with E-state index >= 15 is 0 Å². The Morgan fingerprint density at radius 3 is 2.52 bits per heavy atom. The van der Waals surface area contributed by atoms with Crippen molar-refractivity contribution in [2.45, 2.75) is 12.7 Å². The van der Waals surface area contributed by atoms with E-state index in [0.717, 1.165) is 23.0 Å². The van der Waals surface area contributed by atoms with Crippen molar-refractivity contribution in [1.29, 1.82) is 0 Å². The van der Waals surface area contributed by atoms with Crippen molar-refractivity contribution in [2.24, 2.45) is 0 Å². The van der Waals surface area contributed by atoms with E-state index in [4.69, 9.17) is 4.74 Å². The molecule has 0 amide bonds. The first-order chi connectivity index (χ1) is 14.0. The van der Waals surface area contributed by atoms with Crippen LogP contribution >= 0.6 is 0 Å². The molecule has 7 nitrogen and oxygen atoms in total. The van der Waals surface area contributed by atoms with Gasteiger partial charge in [0.15, 0.2) is 17.0 Å². The number of halogens is 3. The fourth-order valence-corrected chi connectivity index (χ4v) is 3.51. The molecule has 1 saturated heterocycles. The van der Waals surface area contributed by atoms with Crippen LogP contribution in [0.25, 0.3) is 11.2 Å². The van der Waals surface area contributed by atoms with Gasteiger partial charge in [-0.05, 0) is 18.2 Å². The molecule has 154 valence electrons. The highest BCUT2D eigenvalue weighted by atomic mass is 19.4. The van der Waals surface area contributed by atoms with Gasteiger partial charge in [-0.1, -0.05) is 6.07 Å². The fourth-order valence-electron chi connectivity index (χ4n) is 3.51. The quantitative estimate of drug-likeness (QED) is 0.650. The minimum absolute atomic E-state index is 0.556. The maximum atomic E-state index is 13.0. The number of benzene rings is 1. The van der Waals surface area contributed by atoms with Crippen LogP contribution in [0, 0.1) is 0 Å². The summed E-state index contributed by atoms with van der Waals surface area (Å²) in [6.45, 7) is 3.65. The summed E-state index contributed by atoms with van der Waals surface area (Å²) < 4.78 is 46.0. The standard InChI is InChI=1S/C19H21F3N6O/c1-29-10-9-28-13-25-16-17(23-12-24-18(16)28)27-7-5-26(6-8-27)15-4-2-3-14(11-15)19(20,21)22/h2-4,11-13H,5-10H2,1H3. The van der Waals surface area contributed by atoms with Crippen molar-refractivity contribution >= 4 is 22.7 Å². The molecule has 1 aromatic carbocycles. The van der Waals surface area contributed by atoms with Crippen LogP contribution in [-0.2, 0) is 17.5 Å². The summed E-state index contributed by atoms with van der Waals surface area (Å²) in [5.41, 5.74) is 1.41. The Hall–Kier alpha value is -2.88. The lowest BCUT2D eigenvalue weighted by atomic mass is 10.1. The summed E-state index contributed by atoms with van der Waals surface area (Å²) in [4.78, 5) is 17.3. The Kier molecular flexibility index (Phi) is 5.27. The Morgan fingerprint density at radius 2 is 1.79 bits per heavy atom. The van der Waals surface area contributed by atoms with E-state index in [-0.39, 0.29) is 0 Å². The monoisotopic (exact) mass is 406 g/mol. The highest BCUT2D eigenvalue weighted by molar-refractivity contribution is 5.83. The molecule has 2 aromatic heterocycles. The summed E-state index contributed by atoms with van der Waals surface area (Å²) in [5.74, 6) is 0.745. The lowest BCUT2D eigenvalue weighted by molar-refractivity contribution is -0.137. The van der Waals surface area contributed by atoms with Crippen molar-refractivity contribution in [3.63, 3.8) is 0 Å². The largest absolute Gasteiger partial charge is 0.416 e. The molecule has 1 aliphatic rings. The third-order valence-corrected chi connectivity index (χ3v) is 5.04. The molecule has 1 fully saturated rings. The van der Waals surface area contributed by atoms with Crippen LogP contribution in [0.15, 0.2) is 36.9 Å². The summed E-state index contributed by atoms with van der Waals surface area (Å²) in [6, 6.07) is 5.46. The van der Waals surface area contributed by atoms with Crippen LogP contribution in [0.3, 0.4) is 0 Å². The van der Waals surface area contributed by atoms with Crippen LogP contribution in [0.1, 0.15) is 5.56 Å². The SMILES string of the molecule is COCCn1cnc2c(N3CCN(c4cccc(C(F)(F)F)c4)CC3)ncnc21. The predicted molar refractivity (Wildman–Crippen MR) is 103 cm³/mol. The van der Waals surface area contributed by atoms with Gasteiger partial charge in [-0.25, -0.2) is 15.0 Å². The van der Waals surface area contributed by atoms with Gasteiger partial charge in [0, 0.05) is 45.5 Å². The Bertz CT molecular complexity index is 981. The minimum atomic E-state index is -4.34. The molecule has 0 saturated carbocycles. The van der Waals surface area contributed by atoms with Crippen molar-refractivity contribution < 1.29 is 17.9 Å². The van der Waals surface area contributed by atoms with Crippen LogP contribution < -0.4 is 9.80 Å². The van der Waals surface area contributed by atoms with Crippen molar-refractivity contribution in [2.75, 3.05) is 49.7 Å². The zero-order valence-corrected chi connectivity index (χ0v) is 15.9. The number of aromatic nitrogens is 4. The Morgan fingerprint density at radius 1 is 1.03 bits per heavy atom. The van der Waals surface area contributed by atoms with E-state index in [2.05, 4.69) is 19.9 Å². The van der Waals surface area contributed by atoms with E-state index in [9.17, 15) is 13.2 Å². The number of nitrogens with zero attached hydrogens (tertiary/aromatic N) is 6. The first-order valence-electron chi connectivity index (χ1n) is 9.29. The molecule has 0 N–H and O–H groups in total. The Balaban J connectivity index is 1.50. The second-order valence-corrected chi connectivity index (χ2v) is 6.82. The van der Waals surface area contributed by atoms with Crippen molar-refractivity contribution in [1.82, 2.24) is 19.5 Å². The molecule has 29 heavy (non-hydrogen) atoms. The van der Waals surface area contributed by atoms with E-state index in [0.29, 0.717) is 45.0 Å². The summed E-state index contributed by atoms with van der Waals surface area (Å²) in [5, 5.41) is 0. The van der Waals surface area contributed by atoms with Gasteiger partial charge in [0.2, 0.25) is 0 Å². The number of alkyl halides is 3. The van der Waals surface area contributed by atoms with E-state index < -0.39 is 11.7 Å². The Labute approximate surface area is 165 Å². The van der Waals surface area contributed by atoms with Gasteiger partial charge in [0.05, 0.1) is 18.5 Å². The molecular formula is C19H21F3N6O. The number of hydrogen-bond acceptors (Lipinski definition) is 6. The third kappa shape index (κ3) is 3.98. The van der Waals surface area contributed by atoms with Gasteiger partial charge >= 0.3 is 6.18 Å². The van der Waals surface area contributed by atoms with Gasteiger partial charge < -0.3 is 19.1 Å². The molecule has 4 rings (SSSR count). The van der Waals surface area contributed by atoms with Gasteiger partial charge in [-0.2, -0.15) is 13.2 Å². The van der Waals surface area contributed by atoms with E-state index in [1.54, 1.807) is 19.5 Å². The first-order valence-corrected chi connectivity index (χ1v) is 9.29. The van der Waals surface area contributed by atoms with Gasteiger partial charge in [-0.3, -0.25) is 0 Å². The van der Waals surface area contributed by atoms with Gasteiger partial charge in [0.25, 0.3) is 0 Å². The van der Waals surface area contributed by atoms with Gasteiger partial charge in [0.1, 0.15) is 6.33 Å². The zero-order chi connectivity index (χ0) is 20.4. The molecule has 1 aliphatic heterocycles. The highest BCUT2D eigenvalue weighted by Gasteiger charge is 2.31. The second-order valence-electron chi connectivity index (χ2n) is 6.82. The first kappa shape index (κ1) is 19.4. The molecular weight excluding hydrogens is 385 g/mol. The zero-order valence-electron chi connectivity index (χ0n) is 15.9. The maximum absolute atomic E-state index is 13.0. The molecule has 0 atom stereocenters. The van der Waals surface area contributed by atoms with Gasteiger partial charge in [-0.15, -0.1) is 0 Å². The molecule has 3 heterocycles. The normalized spacial score (nSPS) is 15.3. The number of methoxy groups -OCH3 is 1. The average Bonchev–Trinajstić information content (AvgIpc) is 3.15. The molecule has 0 spiro atoms. The number of rotatable bonds is 5. The molecule has 0 aliphatic carbocycles. The molecule has 0 radical (unpaired) electrons. The predicted octanol–water partition coefficient (Wildman–Crippen LogP) is 2.82. The molecule has 3 aromatic rings. The van der Waals surface area contributed by atoms with Crippen LogP contribution in [0.4, 0.5) is 24.7 Å². The minimum Gasteiger partial charge on any atom is -0.383 e. The number of piperazine rings is 1. The number of fused-ring (bicyclic) bond motifs is 1. The van der Waals surface area contributed by atoms with E-state index in [1.807, 2.05) is 9.47 Å². The number of imidazole rings is 1. The van der Waals surface area contributed by atoms with Crippen LogP contribution in [-0.4, -0.2) is 59.4 Å². The summed E-state index contributed by atoms with van der Waals surface area (Å²) >= 11 is 0. The van der Waals surface area contributed by atoms with Crippen LogP contribution in [0.5, 0.6) is 0 Å². The molecule has 0 unspecified atom stereocenters. The third-order valence-electron chi connectivity index (χ3n) is 5.04. The average molecular weight is 406 g/mol. The van der Waals surface area contributed by atoms with E-state index in [1.165, 1.54) is 18.5 Å². The maximum Gasteiger partial charge on any atom is 0.416 e. The second kappa shape index (κ2) is 7.86. The lowest BCUT2D eigenvalue weighted by Gasteiger charge is -2.36. The smallest absolute Gasteiger partial charge is 0.383 e. The van der Waals surface area contributed by atoms with Crippen molar-refractivity contribution in [3.8, 4) is 0 Å². The van der Waals surface area contributed by atoms with Crippen molar-refractivity contribution in [3.05, 3.63) is 42.5 Å². The van der Waals surface area contributed by atoms with Crippen LogP contribution in [0.2, 0.25) is 0 Å². The summed E-state index contributed by atoms with van der Waals surface area (Å²) in [6.07, 6.45) is -1.10. The molecule has 0 bridgehead atoms. The number of ether oxygens (including phenoxy) is 1. The number of anilines is 2. The number of hydrogen-bond donors (Lipinski definition) is 0. The highest BCUT2D eigenvalue weighted by Crippen LogP contribution is 2.32. The fraction of sp³-hybridized carbons (Fsp3) is 0.421. The summed E-state index contributed by atoms with van der Waals surface area (Å²) in [7, 11) is 1.64. The molecule has 10 heteroatoms.